The second kappa shape index (κ2) is 7.79. The summed E-state index contributed by atoms with van der Waals surface area (Å²) < 4.78 is 0. The molecule has 4 aliphatic carbocycles. The third-order valence-electron chi connectivity index (χ3n) is 10.9. The van der Waals surface area contributed by atoms with Crippen molar-refractivity contribution in [2.24, 2.45) is 40.4 Å². The van der Waals surface area contributed by atoms with Gasteiger partial charge in [0.1, 0.15) is 5.78 Å². The Labute approximate surface area is 194 Å². The van der Waals surface area contributed by atoms with Crippen LogP contribution in [0.15, 0.2) is 24.3 Å². The zero-order valence-electron chi connectivity index (χ0n) is 19.9. The SMILES string of the molecule is CC(=O)[C@H]1CCC2C3CCC4C[C@H](N(C)c5ccc(Cl)cc5)CC[C@]4(C)C3CC[C@@]21C. The van der Waals surface area contributed by atoms with Crippen molar-refractivity contribution in [2.75, 3.05) is 11.9 Å². The molecule has 4 aliphatic rings. The zero-order valence-corrected chi connectivity index (χ0v) is 20.6. The maximum atomic E-state index is 12.4. The first-order chi connectivity index (χ1) is 14.7. The molecule has 0 saturated heterocycles. The van der Waals surface area contributed by atoms with E-state index in [0.29, 0.717) is 23.2 Å². The Balaban J connectivity index is 1.32. The second-order valence-corrected chi connectivity index (χ2v) is 12.4. The number of ketones is 1. The zero-order chi connectivity index (χ0) is 22.0. The van der Waals surface area contributed by atoms with E-state index in [1.165, 1.54) is 57.1 Å². The third-order valence-corrected chi connectivity index (χ3v) is 11.2. The number of rotatable bonds is 3. The van der Waals surface area contributed by atoms with Gasteiger partial charge in [0.2, 0.25) is 0 Å². The monoisotopic (exact) mass is 441 g/mol. The molecular formula is C28H40ClNO. The standard InChI is InChI=1S/C28H40ClNO/c1-18(31)24-11-12-25-23-10-5-19-17-22(30(4)21-8-6-20(29)7-9-21)13-15-27(19,2)26(23)14-16-28(24,25)3/h6-9,19,22-26H,5,10-17H2,1-4H3/t19?,22-,23?,24-,25?,26?,27+,28-/m1/s1. The fourth-order valence-electron chi connectivity index (χ4n) is 9.14. The predicted molar refractivity (Wildman–Crippen MR) is 130 cm³/mol. The van der Waals surface area contributed by atoms with Gasteiger partial charge in [0.25, 0.3) is 0 Å². The van der Waals surface area contributed by atoms with Crippen LogP contribution in [0.25, 0.3) is 0 Å². The second-order valence-electron chi connectivity index (χ2n) is 12.0. The number of anilines is 1. The minimum absolute atomic E-state index is 0.280. The van der Waals surface area contributed by atoms with Gasteiger partial charge in [-0.15, -0.1) is 0 Å². The number of hydrogen-bond donors (Lipinski definition) is 0. The number of hydrogen-bond acceptors (Lipinski definition) is 2. The quantitative estimate of drug-likeness (QED) is 0.487. The first-order valence-corrected chi connectivity index (χ1v) is 13.1. The van der Waals surface area contributed by atoms with E-state index in [1.54, 1.807) is 0 Å². The van der Waals surface area contributed by atoms with E-state index in [9.17, 15) is 4.79 Å². The number of carbonyl (C=O) groups excluding carboxylic acids is 1. The highest BCUT2D eigenvalue weighted by Gasteiger charge is 2.60. The van der Waals surface area contributed by atoms with Crippen molar-refractivity contribution >= 4 is 23.1 Å². The molecule has 0 aliphatic heterocycles. The Hall–Kier alpha value is -1.02. The molecule has 0 N–H and O–H groups in total. The van der Waals surface area contributed by atoms with Gasteiger partial charge in [-0.05, 0) is 123 Å². The molecule has 0 spiro atoms. The fraction of sp³-hybridized carbons (Fsp3) is 0.750. The summed E-state index contributed by atoms with van der Waals surface area (Å²) >= 11 is 6.11. The maximum Gasteiger partial charge on any atom is 0.133 e. The van der Waals surface area contributed by atoms with Crippen LogP contribution in [0.2, 0.25) is 5.02 Å². The lowest BCUT2D eigenvalue weighted by Gasteiger charge is -2.61. The first kappa shape index (κ1) is 21.8. The number of benzene rings is 1. The molecule has 4 unspecified atom stereocenters. The minimum Gasteiger partial charge on any atom is -0.372 e. The average molecular weight is 442 g/mol. The lowest BCUT2D eigenvalue weighted by Crippen LogP contribution is -2.55. The minimum atomic E-state index is 0.280. The molecule has 0 amide bonds. The summed E-state index contributed by atoms with van der Waals surface area (Å²) in [5.41, 5.74) is 2.07. The van der Waals surface area contributed by atoms with E-state index in [1.807, 2.05) is 19.1 Å². The largest absolute Gasteiger partial charge is 0.372 e. The number of nitrogens with zero attached hydrogens (tertiary/aromatic N) is 1. The smallest absolute Gasteiger partial charge is 0.133 e. The molecule has 2 nitrogen and oxygen atoms in total. The highest BCUT2D eigenvalue weighted by Crippen LogP contribution is 2.67. The van der Waals surface area contributed by atoms with Crippen LogP contribution in [0.5, 0.6) is 0 Å². The van der Waals surface area contributed by atoms with Gasteiger partial charge in [-0.2, -0.15) is 0 Å². The molecule has 170 valence electrons. The molecule has 31 heavy (non-hydrogen) atoms. The summed E-state index contributed by atoms with van der Waals surface area (Å²) in [7, 11) is 2.27. The lowest BCUT2D eigenvalue weighted by atomic mass is 9.44. The van der Waals surface area contributed by atoms with E-state index in [4.69, 9.17) is 11.6 Å². The van der Waals surface area contributed by atoms with Gasteiger partial charge in [0, 0.05) is 29.7 Å². The molecule has 8 atom stereocenters. The van der Waals surface area contributed by atoms with Gasteiger partial charge >= 0.3 is 0 Å². The molecule has 0 bridgehead atoms. The van der Waals surface area contributed by atoms with Crippen LogP contribution in [0, 0.1) is 40.4 Å². The Kier molecular flexibility index (Phi) is 5.48. The molecule has 0 radical (unpaired) electrons. The average Bonchev–Trinajstić information content (AvgIpc) is 3.11. The molecular weight excluding hydrogens is 402 g/mol. The van der Waals surface area contributed by atoms with Crippen LogP contribution in [-0.4, -0.2) is 18.9 Å². The molecule has 4 saturated carbocycles. The number of fused-ring (bicyclic) bond motifs is 5. The normalized spacial score (nSPS) is 44.2. The Morgan fingerprint density at radius 1 is 0.935 bits per heavy atom. The highest BCUT2D eigenvalue weighted by atomic mass is 35.5. The van der Waals surface area contributed by atoms with E-state index >= 15 is 0 Å². The third kappa shape index (κ3) is 3.38. The van der Waals surface area contributed by atoms with Gasteiger partial charge < -0.3 is 4.90 Å². The lowest BCUT2D eigenvalue weighted by molar-refractivity contribution is -0.134. The van der Waals surface area contributed by atoms with E-state index in [-0.39, 0.29) is 5.41 Å². The van der Waals surface area contributed by atoms with Crippen LogP contribution < -0.4 is 4.90 Å². The van der Waals surface area contributed by atoms with Crippen molar-refractivity contribution in [3.8, 4) is 0 Å². The first-order valence-electron chi connectivity index (χ1n) is 12.7. The molecule has 0 aromatic heterocycles. The Morgan fingerprint density at radius 3 is 2.32 bits per heavy atom. The molecule has 5 rings (SSSR count). The van der Waals surface area contributed by atoms with Gasteiger partial charge in [-0.25, -0.2) is 0 Å². The van der Waals surface area contributed by atoms with E-state index in [0.717, 1.165) is 35.1 Å². The van der Waals surface area contributed by atoms with Crippen molar-refractivity contribution in [3.63, 3.8) is 0 Å². The number of carbonyl (C=O) groups is 1. The van der Waals surface area contributed by atoms with E-state index in [2.05, 4.69) is 37.9 Å². The molecule has 1 aromatic rings. The van der Waals surface area contributed by atoms with Crippen LogP contribution in [0.1, 0.15) is 78.6 Å². The summed E-state index contributed by atoms with van der Waals surface area (Å²) in [6, 6.07) is 9.00. The summed E-state index contributed by atoms with van der Waals surface area (Å²) in [6.45, 7) is 6.97. The highest BCUT2D eigenvalue weighted by molar-refractivity contribution is 6.30. The Bertz CT molecular complexity index is 836. The van der Waals surface area contributed by atoms with Crippen LogP contribution in [-0.2, 0) is 4.79 Å². The summed E-state index contributed by atoms with van der Waals surface area (Å²) in [6.07, 6.45) is 11.8. The topological polar surface area (TPSA) is 20.3 Å². The number of Topliss-reactive ketones (excluding diaryl/α,β-unsaturated/α-hetero) is 1. The molecule has 0 heterocycles. The Morgan fingerprint density at radius 2 is 1.61 bits per heavy atom. The summed E-state index contributed by atoms with van der Waals surface area (Å²) in [4.78, 5) is 14.9. The van der Waals surface area contributed by atoms with Crippen molar-refractivity contribution in [2.45, 2.75) is 84.6 Å². The van der Waals surface area contributed by atoms with E-state index < -0.39 is 0 Å². The van der Waals surface area contributed by atoms with Crippen LogP contribution in [0.3, 0.4) is 0 Å². The maximum absolute atomic E-state index is 12.4. The van der Waals surface area contributed by atoms with Crippen LogP contribution in [0.4, 0.5) is 5.69 Å². The summed E-state index contributed by atoms with van der Waals surface area (Å²) in [5, 5.41) is 0.815. The molecule has 3 heteroatoms. The molecule has 1 aromatic carbocycles. The fourth-order valence-corrected chi connectivity index (χ4v) is 9.27. The number of halogens is 1. The van der Waals surface area contributed by atoms with Crippen molar-refractivity contribution in [1.29, 1.82) is 0 Å². The van der Waals surface area contributed by atoms with Gasteiger partial charge in [0.15, 0.2) is 0 Å². The summed E-state index contributed by atoms with van der Waals surface area (Å²) in [5.74, 6) is 4.14. The van der Waals surface area contributed by atoms with Crippen molar-refractivity contribution in [3.05, 3.63) is 29.3 Å². The van der Waals surface area contributed by atoms with Gasteiger partial charge in [-0.3, -0.25) is 4.79 Å². The van der Waals surface area contributed by atoms with Gasteiger partial charge in [-0.1, -0.05) is 25.4 Å². The van der Waals surface area contributed by atoms with Crippen molar-refractivity contribution in [1.82, 2.24) is 0 Å². The van der Waals surface area contributed by atoms with Gasteiger partial charge in [0.05, 0.1) is 0 Å². The molecule has 4 fully saturated rings. The van der Waals surface area contributed by atoms with Crippen molar-refractivity contribution < 1.29 is 4.79 Å². The van der Waals surface area contributed by atoms with Crippen LogP contribution >= 0.6 is 11.6 Å². The predicted octanol–water partition coefficient (Wildman–Crippen LogP) is 7.39.